The van der Waals surface area contributed by atoms with Crippen molar-refractivity contribution in [1.82, 2.24) is 4.98 Å². The van der Waals surface area contributed by atoms with Gasteiger partial charge in [0.25, 0.3) is 0 Å². The van der Waals surface area contributed by atoms with Crippen molar-refractivity contribution in [2.45, 2.75) is 38.7 Å². The van der Waals surface area contributed by atoms with E-state index in [2.05, 4.69) is 16.9 Å². The van der Waals surface area contributed by atoms with Gasteiger partial charge < -0.3 is 10.0 Å². The average Bonchev–Trinajstić information content (AvgIpc) is 2.40. The second-order valence-electron chi connectivity index (χ2n) is 5.05. The molecular formula is C14H22N2O. The first-order valence-corrected chi connectivity index (χ1v) is 6.56. The Labute approximate surface area is 103 Å². The van der Waals surface area contributed by atoms with Crippen molar-refractivity contribution in [2.75, 3.05) is 18.5 Å². The highest BCUT2D eigenvalue weighted by Crippen LogP contribution is 2.26. The summed E-state index contributed by atoms with van der Waals surface area (Å²) in [4.78, 5) is 6.40. The quantitative estimate of drug-likeness (QED) is 0.870. The summed E-state index contributed by atoms with van der Waals surface area (Å²) in [6.45, 7) is 1.17. The highest BCUT2D eigenvalue weighted by atomic mass is 16.3. The van der Waals surface area contributed by atoms with E-state index in [1.54, 1.807) is 6.20 Å². The number of nitrogens with zero attached hydrogens (tertiary/aromatic N) is 2. The number of rotatable bonds is 4. The Morgan fingerprint density at radius 2 is 2.12 bits per heavy atom. The Bertz CT molecular complexity index is 348. The Hall–Kier alpha value is -1.09. The van der Waals surface area contributed by atoms with Crippen molar-refractivity contribution in [3.8, 4) is 0 Å². The van der Waals surface area contributed by atoms with E-state index in [1.165, 1.54) is 32.1 Å². The normalized spacial score (nSPS) is 17.1. The summed E-state index contributed by atoms with van der Waals surface area (Å²) in [7, 11) is 2.10. The van der Waals surface area contributed by atoms with Crippen molar-refractivity contribution < 1.29 is 5.11 Å². The van der Waals surface area contributed by atoms with E-state index in [0.717, 1.165) is 23.7 Å². The molecule has 0 amide bonds. The minimum absolute atomic E-state index is 0.0901. The van der Waals surface area contributed by atoms with Crippen LogP contribution in [0.5, 0.6) is 0 Å². The van der Waals surface area contributed by atoms with E-state index in [4.69, 9.17) is 0 Å². The van der Waals surface area contributed by atoms with Gasteiger partial charge in [-0.1, -0.05) is 19.3 Å². The predicted octanol–water partition coefficient (Wildman–Crippen LogP) is 2.59. The topological polar surface area (TPSA) is 36.4 Å². The van der Waals surface area contributed by atoms with E-state index in [-0.39, 0.29) is 6.61 Å². The number of pyridine rings is 1. The molecule has 0 saturated heterocycles. The van der Waals surface area contributed by atoms with Gasteiger partial charge in [-0.15, -0.1) is 0 Å². The fraction of sp³-hybridized carbons (Fsp3) is 0.643. The van der Waals surface area contributed by atoms with Crippen LogP contribution in [0.4, 0.5) is 5.69 Å². The van der Waals surface area contributed by atoms with Crippen molar-refractivity contribution in [1.29, 1.82) is 0 Å². The second-order valence-corrected chi connectivity index (χ2v) is 5.05. The first-order valence-electron chi connectivity index (χ1n) is 6.56. The number of aliphatic hydroxyl groups excluding tert-OH is 1. The summed E-state index contributed by atoms with van der Waals surface area (Å²) in [5, 5.41) is 9.32. The van der Waals surface area contributed by atoms with Crippen LogP contribution in [-0.2, 0) is 6.61 Å². The molecule has 1 aromatic heterocycles. The molecule has 1 aliphatic carbocycles. The minimum Gasteiger partial charge on any atom is -0.392 e. The monoisotopic (exact) mass is 234 g/mol. The van der Waals surface area contributed by atoms with Crippen LogP contribution < -0.4 is 4.90 Å². The minimum atomic E-state index is 0.0901. The molecular weight excluding hydrogens is 212 g/mol. The standard InChI is InChI=1S/C14H22N2O/c1-16(10-12-5-3-2-4-6-12)14-9-15-8-7-13(14)11-17/h7-9,12,17H,2-6,10-11H2,1H3. The number of anilines is 1. The van der Waals surface area contributed by atoms with Gasteiger partial charge in [0.2, 0.25) is 0 Å². The van der Waals surface area contributed by atoms with Crippen LogP contribution in [0.3, 0.4) is 0 Å². The van der Waals surface area contributed by atoms with Crippen molar-refractivity contribution in [3.05, 3.63) is 24.0 Å². The second kappa shape index (κ2) is 6.01. The van der Waals surface area contributed by atoms with Crippen molar-refractivity contribution in [2.24, 2.45) is 5.92 Å². The zero-order valence-electron chi connectivity index (χ0n) is 10.6. The molecule has 2 rings (SSSR count). The largest absolute Gasteiger partial charge is 0.392 e. The van der Waals surface area contributed by atoms with Gasteiger partial charge in [0.15, 0.2) is 0 Å². The molecule has 3 nitrogen and oxygen atoms in total. The van der Waals surface area contributed by atoms with E-state index < -0.39 is 0 Å². The smallest absolute Gasteiger partial charge is 0.0703 e. The summed E-state index contributed by atoms with van der Waals surface area (Å²) in [6.07, 6.45) is 10.4. The molecule has 1 aliphatic rings. The van der Waals surface area contributed by atoms with Gasteiger partial charge in [0.1, 0.15) is 0 Å². The Balaban J connectivity index is 2.00. The third kappa shape index (κ3) is 3.19. The summed E-state index contributed by atoms with van der Waals surface area (Å²) in [5.74, 6) is 0.806. The van der Waals surface area contributed by atoms with Crippen LogP contribution in [0.1, 0.15) is 37.7 Å². The molecule has 94 valence electrons. The van der Waals surface area contributed by atoms with Crippen LogP contribution in [0.15, 0.2) is 18.5 Å². The Morgan fingerprint density at radius 1 is 1.35 bits per heavy atom. The molecule has 17 heavy (non-hydrogen) atoms. The number of hydrogen-bond donors (Lipinski definition) is 1. The van der Waals surface area contributed by atoms with Crippen LogP contribution in [0.2, 0.25) is 0 Å². The van der Waals surface area contributed by atoms with Crippen molar-refractivity contribution >= 4 is 5.69 Å². The molecule has 3 heteroatoms. The Morgan fingerprint density at radius 3 is 2.82 bits per heavy atom. The fourth-order valence-electron chi connectivity index (χ4n) is 2.75. The molecule has 1 aromatic rings. The molecule has 0 bridgehead atoms. The summed E-state index contributed by atoms with van der Waals surface area (Å²) >= 11 is 0. The highest BCUT2D eigenvalue weighted by molar-refractivity contribution is 5.50. The van der Waals surface area contributed by atoms with Gasteiger partial charge in [-0.3, -0.25) is 4.98 Å². The Kier molecular flexibility index (Phi) is 4.37. The molecule has 0 unspecified atom stereocenters. The lowest BCUT2D eigenvalue weighted by Gasteiger charge is -2.29. The third-order valence-corrected chi connectivity index (χ3v) is 3.73. The van der Waals surface area contributed by atoms with Gasteiger partial charge in [-0.25, -0.2) is 0 Å². The van der Waals surface area contributed by atoms with E-state index in [1.807, 2.05) is 12.3 Å². The van der Waals surface area contributed by atoms with Gasteiger partial charge in [0, 0.05) is 25.4 Å². The lowest BCUT2D eigenvalue weighted by molar-refractivity contribution is 0.281. The predicted molar refractivity (Wildman–Crippen MR) is 70.0 cm³/mol. The van der Waals surface area contributed by atoms with E-state index >= 15 is 0 Å². The van der Waals surface area contributed by atoms with Crippen LogP contribution in [0, 0.1) is 5.92 Å². The summed E-state index contributed by atoms with van der Waals surface area (Å²) < 4.78 is 0. The molecule has 0 aromatic carbocycles. The van der Waals surface area contributed by atoms with Crippen molar-refractivity contribution in [3.63, 3.8) is 0 Å². The maximum Gasteiger partial charge on any atom is 0.0703 e. The third-order valence-electron chi connectivity index (χ3n) is 3.73. The lowest BCUT2D eigenvalue weighted by atomic mass is 9.89. The fourth-order valence-corrected chi connectivity index (χ4v) is 2.75. The molecule has 1 saturated carbocycles. The molecule has 1 N–H and O–H groups in total. The van der Waals surface area contributed by atoms with Gasteiger partial charge in [-0.2, -0.15) is 0 Å². The maximum atomic E-state index is 9.32. The van der Waals surface area contributed by atoms with Gasteiger partial charge in [-0.05, 0) is 24.8 Å². The molecule has 0 atom stereocenters. The molecule has 0 aliphatic heterocycles. The zero-order chi connectivity index (χ0) is 12.1. The van der Waals surface area contributed by atoms with Gasteiger partial charge in [0.05, 0.1) is 18.5 Å². The average molecular weight is 234 g/mol. The first kappa shape index (κ1) is 12.4. The lowest BCUT2D eigenvalue weighted by Crippen LogP contribution is -2.27. The number of hydrogen-bond acceptors (Lipinski definition) is 3. The van der Waals surface area contributed by atoms with Crippen LogP contribution in [-0.4, -0.2) is 23.7 Å². The maximum absolute atomic E-state index is 9.32. The number of aliphatic hydroxyl groups is 1. The SMILES string of the molecule is CN(CC1CCCCC1)c1cnccc1CO. The highest BCUT2D eigenvalue weighted by Gasteiger charge is 2.16. The molecule has 1 fully saturated rings. The molecule has 1 heterocycles. The first-order chi connectivity index (χ1) is 8.31. The van der Waals surface area contributed by atoms with E-state index in [9.17, 15) is 5.11 Å². The van der Waals surface area contributed by atoms with Crippen LogP contribution >= 0.6 is 0 Å². The van der Waals surface area contributed by atoms with E-state index in [0.29, 0.717) is 0 Å². The summed E-state index contributed by atoms with van der Waals surface area (Å²) in [5.41, 5.74) is 2.04. The van der Waals surface area contributed by atoms with Crippen LogP contribution in [0.25, 0.3) is 0 Å². The molecule has 0 radical (unpaired) electrons. The summed E-state index contributed by atoms with van der Waals surface area (Å²) in [6, 6.07) is 1.90. The van der Waals surface area contributed by atoms with Gasteiger partial charge >= 0.3 is 0 Å². The molecule has 0 spiro atoms. The number of aromatic nitrogens is 1. The zero-order valence-corrected chi connectivity index (χ0v) is 10.6.